The van der Waals surface area contributed by atoms with Gasteiger partial charge in [-0.2, -0.15) is 0 Å². The number of aromatic nitrogens is 1. The van der Waals surface area contributed by atoms with Gasteiger partial charge in [0.15, 0.2) is 5.43 Å². The highest BCUT2D eigenvalue weighted by molar-refractivity contribution is 5.96. The summed E-state index contributed by atoms with van der Waals surface area (Å²) in [5.41, 5.74) is 0.564. The van der Waals surface area contributed by atoms with Crippen molar-refractivity contribution >= 4 is 22.8 Å². The lowest BCUT2D eigenvalue weighted by atomic mass is 10.00. The van der Waals surface area contributed by atoms with E-state index in [1.165, 1.54) is 11.0 Å². The van der Waals surface area contributed by atoms with Gasteiger partial charge in [0.2, 0.25) is 0 Å². The second-order valence-corrected chi connectivity index (χ2v) is 4.84. The minimum Gasteiger partial charge on any atom is -0.481 e. The molecule has 6 heteroatoms. The zero-order chi connectivity index (χ0) is 14.3. The number of amides is 1. The van der Waals surface area contributed by atoms with Crippen molar-refractivity contribution in [2.45, 2.75) is 0 Å². The quantitative estimate of drug-likeness (QED) is 0.841. The SMILES string of the molecule is O=C(O)C1CN(C(=O)c2cc(=O)c3ccccc3[nH]2)C1. The van der Waals surface area contributed by atoms with Crippen LogP contribution in [0.4, 0.5) is 0 Å². The molecule has 2 N–H and O–H groups in total. The van der Waals surface area contributed by atoms with Gasteiger partial charge in [0.25, 0.3) is 5.91 Å². The highest BCUT2D eigenvalue weighted by atomic mass is 16.4. The molecule has 0 unspecified atom stereocenters. The smallest absolute Gasteiger partial charge is 0.310 e. The number of carbonyl (C=O) groups excluding carboxylic acids is 1. The van der Waals surface area contributed by atoms with Crippen LogP contribution in [0.1, 0.15) is 10.5 Å². The number of aromatic amines is 1. The number of hydrogen-bond acceptors (Lipinski definition) is 3. The maximum atomic E-state index is 12.2. The van der Waals surface area contributed by atoms with Crippen molar-refractivity contribution < 1.29 is 14.7 Å². The van der Waals surface area contributed by atoms with Gasteiger partial charge in [-0.05, 0) is 12.1 Å². The van der Waals surface area contributed by atoms with Gasteiger partial charge in [0, 0.05) is 30.1 Å². The van der Waals surface area contributed by atoms with Crippen LogP contribution in [0.5, 0.6) is 0 Å². The molecule has 0 aliphatic carbocycles. The molecular weight excluding hydrogens is 260 g/mol. The average Bonchev–Trinajstić information content (AvgIpc) is 2.36. The number of carbonyl (C=O) groups is 2. The number of fused-ring (bicyclic) bond motifs is 1. The van der Waals surface area contributed by atoms with E-state index in [1.807, 2.05) is 0 Å². The molecule has 20 heavy (non-hydrogen) atoms. The molecule has 0 radical (unpaired) electrons. The average molecular weight is 272 g/mol. The fourth-order valence-electron chi connectivity index (χ4n) is 2.28. The van der Waals surface area contributed by atoms with Crippen LogP contribution in [-0.2, 0) is 4.79 Å². The minimum atomic E-state index is -0.902. The first-order valence-corrected chi connectivity index (χ1v) is 6.20. The molecule has 1 aliphatic rings. The number of hydrogen-bond donors (Lipinski definition) is 2. The molecule has 2 heterocycles. The van der Waals surface area contributed by atoms with Gasteiger partial charge in [-0.15, -0.1) is 0 Å². The lowest BCUT2D eigenvalue weighted by Crippen LogP contribution is -2.53. The molecule has 0 saturated carbocycles. The van der Waals surface area contributed by atoms with Gasteiger partial charge in [-0.1, -0.05) is 12.1 Å². The summed E-state index contributed by atoms with van der Waals surface area (Å²) in [5.74, 6) is -1.75. The number of H-pyrrole nitrogens is 1. The van der Waals surface area contributed by atoms with Gasteiger partial charge >= 0.3 is 5.97 Å². The van der Waals surface area contributed by atoms with E-state index in [0.29, 0.717) is 10.9 Å². The van der Waals surface area contributed by atoms with E-state index in [4.69, 9.17) is 5.11 Å². The fraction of sp³-hybridized carbons (Fsp3) is 0.214. The maximum Gasteiger partial charge on any atom is 0.310 e. The Morgan fingerprint density at radius 2 is 1.95 bits per heavy atom. The van der Waals surface area contributed by atoms with Gasteiger partial charge in [-0.25, -0.2) is 0 Å². The van der Waals surface area contributed by atoms with Crippen LogP contribution in [0.15, 0.2) is 35.1 Å². The summed E-state index contributed by atoms with van der Waals surface area (Å²) in [6.07, 6.45) is 0. The number of carboxylic acid groups (broad SMARTS) is 1. The highest BCUT2D eigenvalue weighted by Gasteiger charge is 2.36. The van der Waals surface area contributed by atoms with E-state index in [9.17, 15) is 14.4 Å². The third kappa shape index (κ3) is 1.95. The number of nitrogens with one attached hydrogen (secondary N) is 1. The van der Waals surface area contributed by atoms with Crippen LogP contribution >= 0.6 is 0 Å². The topological polar surface area (TPSA) is 90.5 Å². The monoisotopic (exact) mass is 272 g/mol. The summed E-state index contributed by atoms with van der Waals surface area (Å²) in [6.45, 7) is 0.367. The van der Waals surface area contributed by atoms with Crippen LogP contribution in [0.25, 0.3) is 10.9 Å². The third-order valence-corrected chi connectivity index (χ3v) is 3.49. The molecule has 102 valence electrons. The van der Waals surface area contributed by atoms with Crippen LogP contribution < -0.4 is 5.43 Å². The van der Waals surface area contributed by atoms with Crippen molar-refractivity contribution in [1.82, 2.24) is 9.88 Å². The third-order valence-electron chi connectivity index (χ3n) is 3.49. The van der Waals surface area contributed by atoms with Gasteiger partial charge in [0.1, 0.15) is 5.69 Å². The Morgan fingerprint density at radius 3 is 2.65 bits per heavy atom. The number of benzene rings is 1. The zero-order valence-electron chi connectivity index (χ0n) is 10.5. The summed E-state index contributed by atoms with van der Waals surface area (Å²) in [5, 5.41) is 9.32. The standard InChI is InChI=1S/C14H12N2O4/c17-12-5-11(15-10-4-2-1-3-9(10)12)13(18)16-6-8(7-16)14(19)20/h1-5,8H,6-7H2,(H,15,17)(H,19,20). The first kappa shape index (κ1) is 12.4. The fourth-order valence-corrected chi connectivity index (χ4v) is 2.28. The van der Waals surface area contributed by atoms with E-state index in [0.717, 1.165) is 0 Å². The number of rotatable bonds is 2. The molecule has 1 amide bonds. The van der Waals surface area contributed by atoms with E-state index in [1.54, 1.807) is 24.3 Å². The van der Waals surface area contributed by atoms with Crippen LogP contribution in [0.3, 0.4) is 0 Å². The Hall–Kier alpha value is -2.63. The van der Waals surface area contributed by atoms with Crippen LogP contribution in [0, 0.1) is 5.92 Å². The minimum absolute atomic E-state index is 0.184. The molecule has 1 aliphatic heterocycles. The maximum absolute atomic E-state index is 12.2. The molecule has 0 spiro atoms. The number of para-hydroxylation sites is 1. The first-order valence-electron chi connectivity index (χ1n) is 6.20. The van der Waals surface area contributed by atoms with Gasteiger partial charge in [-0.3, -0.25) is 14.4 Å². The Morgan fingerprint density at radius 1 is 1.25 bits per heavy atom. The summed E-state index contributed by atoms with van der Waals surface area (Å²) >= 11 is 0. The lowest BCUT2D eigenvalue weighted by molar-refractivity contribution is -0.146. The Kier molecular flexibility index (Phi) is 2.78. The number of carboxylic acids is 1. The van der Waals surface area contributed by atoms with Crippen molar-refractivity contribution in [2.24, 2.45) is 5.92 Å². The number of nitrogens with zero attached hydrogens (tertiary/aromatic N) is 1. The second-order valence-electron chi connectivity index (χ2n) is 4.84. The van der Waals surface area contributed by atoms with Crippen LogP contribution in [0.2, 0.25) is 0 Å². The predicted octanol–water partition coefficient (Wildman–Crippen LogP) is 0.685. The number of likely N-dealkylation sites (tertiary alicyclic amines) is 1. The molecule has 6 nitrogen and oxygen atoms in total. The van der Waals surface area contributed by atoms with Gasteiger partial charge in [0.05, 0.1) is 5.92 Å². The van der Waals surface area contributed by atoms with Crippen molar-refractivity contribution in [1.29, 1.82) is 0 Å². The molecule has 1 fully saturated rings. The summed E-state index contributed by atoms with van der Waals surface area (Å²) in [7, 11) is 0. The lowest BCUT2D eigenvalue weighted by Gasteiger charge is -2.36. The predicted molar refractivity (Wildman–Crippen MR) is 71.6 cm³/mol. The Bertz CT molecular complexity index is 759. The molecular formula is C14H12N2O4. The highest BCUT2D eigenvalue weighted by Crippen LogP contribution is 2.18. The molecule has 1 aromatic heterocycles. The molecule has 2 aromatic rings. The molecule has 3 rings (SSSR count). The van der Waals surface area contributed by atoms with Crippen molar-refractivity contribution in [3.05, 3.63) is 46.2 Å². The summed E-state index contributed by atoms with van der Waals surface area (Å²) in [4.78, 5) is 39.1. The van der Waals surface area contributed by atoms with Crippen molar-refractivity contribution in [3.8, 4) is 0 Å². The Balaban J connectivity index is 1.90. The molecule has 0 bridgehead atoms. The number of pyridine rings is 1. The van der Waals surface area contributed by atoms with E-state index in [-0.39, 0.29) is 30.1 Å². The van der Waals surface area contributed by atoms with Crippen LogP contribution in [-0.4, -0.2) is 40.0 Å². The van der Waals surface area contributed by atoms with E-state index in [2.05, 4.69) is 4.98 Å². The van der Waals surface area contributed by atoms with Crippen molar-refractivity contribution in [2.75, 3.05) is 13.1 Å². The summed E-state index contributed by atoms with van der Waals surface area (Å²) in [6, 6.07) is 8.21. The second kappa shape index (κ2) is 4.48. The Labute approximate surface area is 113 Å². The van der Waals surface area contributed by atoms with E-state index < -0.39 is 11.9 Å². The zero-order valence-corrected chi connectivity index (χ0v) is 10.5. The van der Waals surface area contributed by atoms with Gasteiger partial charge < -0.3 is 15.0 Å². The number of aliphatic carboxylic acids is 1. The molecule has 0 atom stereocenters. The van der Waals surface area contributed by atoms with Crippen molar-refractivity contribution in [3.63, 3.8) is 0 Å². The normalized spacial score (nSPS) is 15.1. The summed E-state index contributed by atoms with van der Waals surface area (Å²) < 4.78 is 0. The first-order chi connectivity index (χ1) is 9.56. The van der Waals surface area contributed by atoms with E-state index >= 15 is 0 Å². The molecule has 1 aromatic carbocycles. The molecule has 1 saturated heterocycles. The largest absolute Gasteiger partial charge is 0.481 e.